The van der Waals surface area contributed by atoms with Gasteiger partial charge in [-0.1, -0.05) is 36.4 Å². The third-order valence-electron chi connectivity index (χ3n) is 3.89. The molecule has 1 aliphatic rings. The van der Waals surface area contributed by atoms with E-state index < -0.39 is 12.0 Å². The van der Waals surface area contributed by atoms with Crippen LogP contribution in [0.25, 0.3) is 0 Å². The Kier molecular flexibility index (Phi) is 5.45. The summed E-state index contributed by atoms with van der Waals surface area (Å²) >= 11 is 1.54. The SMILES string of the molecule is O=C(COC(=O)[C@@H]1CCC(=O)N1)N[C@@H](c1ccccc1)c1cccs1. The molecule has 1 saturated heterocycles. The quantitative estimate of drug-likeness (QED) is 0.771. The molecule has 1 aromatic carbocycles. The number of hydrogen-bond donors (Lipinski definition) is 2. The Balaban J connectivity index is 1.59. The lowest BCUT2D eigenvalue weighted by Crippen LogP contribution is -2.38. The van der Waals surface area contributed by atoms with Gasteiger partial charge in [0.2, 0.25) is 5.91 Å². The fourth-order valence-electron chi connectivity index (χ4n) is 2.65. The summed E-state index contributed by atoms with van der Waals surface area (Å²) in [5.41, 5.74) is 0.952. The predicted octanol–water partition coefficient (Wildman–Crippen LogP) is 1.78. The second-order valence-corrected chi connectivity index (χ2v) is 6.67. The number of thiophene rings is 1. The summed E-state index contributed by atoms with van der Waals surface area (Å²) in [4.78, 5) is 36.2. The number of benzene rings is 1. The fourth-order valence-corrected chi connectivity index (χ4v) is 3.45. The van der Waals surface area contributed by atoms with Crippen molar-refractivity contribution in [3.8, 4) is 0 Å². The van der Waals surface area contributed by atoms with Crippen molar-refractivity contribution >= 4 is 29.1 Å². The van der Waals surface area contributed by atoms with Crippen molar-refractivity contribution in [2.24, 2.45) is 0 Å². The summed E-state index contributed by atoms with van der Waals surface area (Å²) in [6, 6.07) is 12.5. The monoisotopic (exact) mass is 358 g/mol. The largest absolute Gasteiger partial charge is 0.454 e. The molecule has 130 valence electrons. The molecule has 2 atom stereocenters. The maximum absolute atomic E-state index is 12.2. The van der Waals surface area contributed by atoms with Crippen LogP contribution in [0, 0.1) is 0 Å². The normalized spacial score (nSPS) is 17.6. The van der Waals surface area contributed by atoms with E-state index in [4.69, 9.17) is 4.74 Å². The first-order chi connectivity index (χ1) is 12.1. The summed E-state index contributed by atoms with van der Waals surface area (Å²) in [7, 11) is 0. The molecule has 1 fully saturated rings. The Morgan fingerprint density at radius 1 is 1.24 bits per heavy atom. The van der Waals surface area contributed by atoms with Crippen LogP contribution >= 0.6 is 11.3 Å². The summed E-state index contributed by atoms with van der Waals surface area (Å²) in [6.45, 7) is -0.375. The van der Waals surface area contributed by atoms with Crippen LogP contribution in [0.1, 0.15) is 29.3 Å². The number of esters is 1. The maximum Gasteiger partial charge on any atom is 0.329 e. The van der Waals surface area contributed by atoms with Crippen LogP contribution in [0.5, 0.6) is 0 Å². The average molecular weight is 358 g/mol. The summed E-state index contributed by atoms with van der Waals surface area (Å²) < 4.78 is 5.03. The van der Waals surface area contributed by atoms with E-state index in [9.17, 15) is 14.4 Å². The first-order valence-electron chi connectivity index (χ1n) is 7.97. The standard InChI is InChI=1S/C18H18N2O4S/c21-15-9-8-13(19-15)18(23)24-11-16(22)20-17(14-7-4-10-25-14)12-5-2-1-3-6-12/h1-7,10,13,17H,8-9,11H2,(H,19,21)(H,20,22)/t13-,17-/m0/s1. The second-order valence-electron chi connectivity index (χ2n) is 5.69. The second kappa shape index (κ2) is 7.94. The molecular weight excluding hydrogens is 340 g/mol. The molecule has 2 N–H and O–H groups in total. The van der Waals surface area contributed by atoms with E-state index >= 15 is 0 Å². The minimum Gasteiger partial charge on any atom is -0.454 e. The number of amides is 2. The Morgan fingerprint density at radius 2 is 2.04 bits per heavy atom. The molecule has 0 aliphatic carbocycles. The summed E-state index contributed by atoms with van der Waals surface area (Å²) in [5, 5.41) is 7.36. The third-order valence-corrected chi connectivity index (χ3v) is 4.83. The lowest BCUT2D eigenvalue weighted by molar-refractivity contribution is -0.150. The lowest BCUT2D eigenvalue weighted by Gasteiger charge is -2.18. The van der Waals surface area contributed by atoms with Crippen molar-refractivity contribution in [2.45, 2.75) is 24.9 Å². The number of ether oxygens (including phenoxy) is 1. The van der Waals surface area contributed by atoms with E-state index in [1.54, 1.807) is 11.3 Å². The number of carbonyl (C=O) groups excluding carboxylic acids is 3. The van der Waals surface area contributed by atoms with Crippen LogP contribution in [-0.2, 0) is 19.1 Å². The van der Waals surface area contributed by atoms with Crippen molar-refractivity contribution in [3.63, 3.8) is 0 Å². The molecular formula is C18H18N2O4S. The predicted molar refractivity (Wildman–Crippen MR) is 92.9 cm³/mol. The van der Waals surface area contributed by atoms with E-state index in [-0.39, 0.29) is 24.5 Å². The highest BCUT2D eigenvalue weighted by atomic mass is 32.1. The number of rotatable bonds is 6. The highest BCUT2D eigenvalue weighted by Gasteiger charge is 2.29. The van der Waals surface area contributed by atoms with E-state index in [1.807, 2.05) is 47.8 Å². The van der Waals surface area contributed by atoms with Gasteiger partial charge in [0, 0.05) is 11.3 Å². The lowest BCUT2D eigenvalue weighted by atomic mass is 10.1. The smallest absolute Gasteiger partial charge is 0.329 e. The molecule has 2 heterocycles. The van der Waals surface area contributed by atoms with Gasteiger partial charge in [0.1, 0.15) is 6.04 Å². The molecule has 6 nitrogen and oxygen atoms in total. The molecule has 0 bridgehead atoms. The van der Waals surface area contributed by atoms with E-state index in [2.05, 4.69) is 10.6 Å². The van der Waals surface area contributed by atoms with Gasteiger partial charge >= 0.3 is 5.97 Å². The van der Waals surface area contributed by atoms with E-state index in [0.29, 0.717) is 12.8 Å². The number of nitrogens with one attached hydrogen (secondary N) is 2. The van der Waals surface area contributed by atoms with Gasteiger partial charge in [0.25, 0.3) is 5.91 Å². The van der Waals surface area contributed by atoms with Crippen LogP contribution < -0.4 is 10.6 Å². The molecule has 0 unspecified atom stereocenters. The topological polar surface area (TPSA) is 84.5 Å². The van der Waals surface area contributed by atoms with Gasteiger partial charge in [-0.15, -0.1) is 11.3 Å². The molecule has 2 aromatic rings. The van der Waals surface area contributed by atoms with Gasteiger partial charge in [0.15, 0.2) is 6.61 Å². The van der Waals surface area contributed by atoms with Gasteiger partial charge in [-0.2, -0.15) is 0 Å². The zero-order chi connectivity index (χ0) is 17.6. The molecule has 3 rings (SSSR count). The highest BCUT2D eigenvalue weighted by molar-refractivity contribution is 7.10. The molecule has 2 amide bonds. The Morgan fingerprint density at radius 3 is 2.68 bits per heavy atom. The van der Waals surface area contributed by atoms with Crippen LogP contribution in [0.2, 0.25) is 0 Å². The van der Waals surface area contributed by atoms with Crippen LogP contribution in [-0.4, -0.2) is 30.4 Å². The van der Waals surface area contributed by atoms with E-state index in [0.717, 1.165) is 10.4 Å². The molecule has 1 aliphatic heterocycles. The van der Waals surface area contributed by atoms with Gasteiger partial charge in [-0.3, -0.25) is 9.59 Å². The number of hydrogen-bond acceptors (Lipinski definition) is 5. The highest BCUT2D eigenvalue weighted by Crippen LogP contribution is 2.25. The number of carbonyl (C=O) groups is 3. The molecule has 25 heavy (non-hydrogen) atoms. The minimum absolute atomic E-state index is 0.173. The van der Waals surface area contributed by atoms with Crippen molar-refractivity contribution in [1.82, 2.24) is 10.6 Å². The Labute approximate surface area is 149 Å². The first kappa shape index (κ1) is 17.2. The van der Waals surface area contributed by atoms with Gasteiger partial charge in [-0.25, -0.2) is 4.79 Å². The van der Waals surface area contributed by atoms with Crippen molar-refractivity contribution in [3.05, 3.63) is 58.3 Å². The minimum atomic E-state index is -0.650. The van der Waals surface area contributed by atoms with Crippen molar-refractivity contribution in [2.75, 3.05) is 6.61 Å². The molecule has 1 aromatic heterocycles. The van der Waals surface area contributed by atoms with Crippen LogP contribution in [0.4, 0.5) is 0 Å². The van der Waals surface area contributed by atoms with Crippen molar-refractivity contribution < 1.29 is 19.1 Å². The van der Waals surface area contributed by atoms with E-state index in [1.165, 1.54) is 0 Å². The third kappa shape index (κ3) is 4.45. The van der Waals surface area contributed by atoms with Crippen LogP contribution in [0.15, 0.2) is 47.8 Å². The average Bonchev–Trinajstić information content (AvgIpc) is 3.30. The zero-order valence-electron chi connectivity index (χ0n) is 13.4. The maximum atomic E-state index is 12.2. The first-order valence-corrected chi connectivity index (χ1v) is 8.85. The summed E-state index contributed by atoms with van der Waals surface area (Å²) in [6.07, 6.45) is 0.710. The van der Waals surface area contributed by atoms with Crippen molar-refractivity contribution in [1.29, 1.82) is 0 Å². The zero-order valence-corrected chi connectivity index (χ0v) is 14.3. The fraction of sp³-hybridized carbons (Fsp3) is 0.278. The van der Waals surface area contributed by atoms with Gasteiger partial charge in [0.05, 0.1) is 6.04 Å². The van der Waals surface area contributed by atoms with Gasteiger partial charge in [-0.05, 0) is 23.4 Å². The molecule has 7 heteroatoms. The Hall–Kier alpha value is -2.67. The summed E-state index contributed by atoms with van der Waals surface area (Å²) in [5.74, 6) is -1.14. The molecule has 0 radical (unpaired) electrons. The van der Waals surface area contributed by atoms with Gasteiger partial charge < -0.3 is 15.4 Å². The Bertz CT molecular complexity index is 746. The van der Waals surface area contributed by atoms with Crippen LogP contribution in [0.3, 0.4) is 0 Å². The molecule has 0 spiro atoms. The molecule has 0 saturated carbocycles.